The summed E-state index contributed by atoms with van der Waals surface area (Å²) in [5.41, 5.74) is 1.20. The zero-order valence-electron chi connectivity index (χ0n) is 13.1. The number of aryl methyl sites for hydroxylation is 2. The lowest BCUT2D eigenvalue weighted by molar-refractivity contribution is 0.165. The van der Waals surface area contributed by atoms with Gasteiger partial charge in [0, 0.05) is 38.2 Å². The van der Waals surface area contributed by atoms with Crippen LogP contribution in [-0.2, 0) is 19.6 Å². The van der Waals surface area contributed by atoms with E-state index in [0.29, 0.717) is 0 Å². The van der Waals surface area contributed by atoms with Crippen molar-refractivity contribution in [3.05, 3.63) is 36.2 Å². The molecule has 3 rings (SSSR count). The predicted molar refractivity (Wildman–Crippen MR) is 82.9 cm³/mol. The minimum atomic E-state index is 0.780. The molecular weight excluding hydrogens is 262 g/mol. The van der Waals surface area contributed by atoms with E-state index in [1.807, 2.05) is 10.9 Å². The van der Waals surface area contributed by atoms with E-state index in [1.54, 1.807) is 0 Å². The van der Waals surface area contributed by atoms with Crippen LogP contribution in [0.3, 0.4) is 0 Å². The second kappa shape index (κ2) is 6.43. The van der Waals surface area contributed by atoms with E-state index in [1.165, 1.54) is 31.6 Å². The van der Waals surface area contributed by atoms with Crippen LogP contribution in [0.15, 0.2) is 24.7 Å². The first-order valence-corrected chi connectivity index (χ1v) is 7.97. The van der Waals surface area contributed by atoms with Crippen molar-refractivity contribution in [3.63, 3.8) is 0 Å². The zero-order chi connectivity index (χ0) is 14.7. The summed E-state index contributed by atoms with van der Waals surface area (Å²) in [6, 6.07) is 2.14. The molecule has 5 heteroatoms. The Balaban J connectivity index is 1.47. The van der Waals surface area contributed by atoms with Crippen molar-refractivity contribution in [2.45, 2.75) is 46.3 Å². The molecule has 0 saturated carbocycles. The maximum Gasteiger partial charge on any atom is 0.105 e. The first-order chi connectivity index (χ1) is 10.2. The van der Waals surface area contributed by atoms with Crippen LogP contribution in [0.25, 0.3) is 0 Å². The number of nitrogens with zero attached hydrogens (tertiary/aromatic N) is 5. The van der Waals surface area contributed by atoms with Gasteiger partial charge >= 0.3 is 0 Å². The fourth-order valence-electron chi connectivity index (χ4n) is 3.10. The van der Waals surface area contributed by atoms with Crippen molar-refractivity contribution in [1.82, 2.24) is 24.2 Å². The maximum atomic E-state index is 4.58. The van der Waals surface area contributed by atoms with Crippen LogP contribution in [0.5, 0.6) is 0 Å². The summed E-state index contributed by atoms with van der Waals surface area (Å²) < 4.78 is 4.28. The number of rotatable bonds is 5. The molecule has 3 heterocycles. The van der Waals surface area contributed by atoms with Gasteiger partial charge in [-0.25, -0.2) is 4.98 Å². The third kappa shape index (κ3) is 3.53. The molecule has 0 bridgehead atoms. The van der Waals surface area contributed by atoms with Crippen LogP contribution in [0, 0.1) is 12.8 Å². The molecule has 1 aliphatic rings. The van der Waals surface area contributed by atoms with Gasteiger partial charge in [-0.1, -0.05) is 0 Å². The minimum absolute atomic E-state index is 0.780. The number of hydrogen-bond donors (Lipinski definition) is 0. The molecule has 2 aromatic rings. The van der Waals surface area contributed by atoms with Crippen LogP contribution >= 0.6 is 0 Å². The summed E-state index contributed by atoms with van der Waals surface area (Å²) in [5.74, 6) is 1.91. The maximum absolute atomic E-state index is 4.58. The van der Waals surface area contributed by atoms with Gasteiger partial charge in [0.15, 0.2) is 0 Å². The fourth-order valence-corrected chi connectivity index (χ4v) is 3.10. The number of likely N-dealkylation sites (tertiary alicyclic amines) is 1. The quantitative estimate of drug-likeness (QED) is 0.847. The molecule has 1 saturated heterocycles. The van der Waals surface area contributed by atoms with Gasteiger partial charge in [-0.3, -0.25) is 9.58 Å². The molecular formula is C16H25N5. The van der Waals surface area contributed by atoms with E-state index in [-0.39, 0.29) is 0 Å². The monoisotopic (exact) mass is 287 g/mol. The lowest BCUT2D eigenvalue weighted by Gasteiger charge is -2.31. The van der Waals surface area contributed by atoms with Gasteiger partial charge in [0.25, 0.3) is 0 Å². The Morgan fingerprint density at radius 1 is 1.24 bits per heavy atom. The summed E-state index contributed by atoms with van der Waals surface area (Å²) in [5, 5.41) is 4.58. The Labute approximate surface area is 126 Å². The molecule has 0 aliphatic carbocycles. The highest BCUT2D eigenvalue weighted by Gasteiger charge is 2.20. The van der Waals surface area contributed by atoms with Crippen LogP contribution in [-0.4, -0.2) is 37.3 Å². The molecule has 1 fully saturated rings. The summed E-state index contributed by atoms with van der Waals surface area (Å²) in [6.07, 6.45) is 8.61. The highest BCUT2D eigenvalue weighted by atomic mass is 15.3. The lowest BCUT2D eigenvalue weighted by Crippen LogP contribution is -2.34. The van der Waals surface area contributed by atoms with E-state index >= 15 is 0 Å². The van der Waals surface area contributed by atoms with Crippen LogP contribution in [0.4, 0.5) is 0 Å². The van der Waals surface area contributed by atoms with Gasteiger partial charge in [-0.2, -0.15) is 5.10 Å². The first kappa shape index (κ1) is 14.3. The first-order valence-electron chi connectivity index (χ1n) is 7.97. The molecule has 0 unspecified atom stereocenters. The topological polar surface area (TPSA) is 38.9 Å². The third-order valence-corrected chi connectivity index (χ3v) is 4.49. The van der Waals surface area contributed by atoms with Crippen molar-refractivity contribution < 1.29 is 0 Å². The summed E-state index contributed by atoms with van der Waals surface area (Å²) in [6.45, 7) is 9.62. The highest BCUT2D eigenvalue weighted by Crippen LogP contribution is 2.20. The smallest absolute Gasteiger partial charge is 0.105 e. The second-order valence-electron chi connectivity index (χ2n) is 6.01. The van der Waals surface area contributed by atoms with Crippen LogP contribution < -0.4 is 0 Å². The van der Waals surface area contributed by atoms with E-state index in [2.05, 4.69) is 51.9 Å². The van der Waals surface area contributed by atoms with Gasteiger partial charge in [-0.15, -0.1) is 0 Å². The molecule has 114 valence electrons. The molecule has 0 aromatic carbocycles. The predicted octanol–water partition coefficient (Wildman–Crippen LogP) is 2.32. The summed E-state index contributed by atoms with van der Waals surface area (Å²) >= 11 is 0. The molecule has 5 nitrogen and oxygen atoms in total. The Bertz CT molecular complexity index is 563. The average molecular weight is 287 g/mol. The molecule has 1 aliphatic heterocycles. The Morgan fingerprint density at radius 3 is 2.67 bits per heavy atom. The lowest BCUT2D eigenvalue weighted by atomic mass is 9.96. The van der Waals surface area contributed by atoms with Crippen LogP contribution in [0.2, 0.25) is 0 Å². The van der Waals surface area contributed by atoms with Gasteiger partial charge < -0.3 is 4.57 Å². The average Bonchev–Trinajstić information content (AvgIpc) is 3.11. The minimum Gasteiger partial charge on any atom is -0.335 e. The summed E-state index contributed by atoms with van der Waals surface area (Å²) in [4.78, 5) is 6.83. The largest absolute Gasteiger partial charge is 0.335 e. The Kier molecular flexibility index (Phi) is 4.39. The number of imidazole rings is 1. The second-order valence-corrected chi connectivity index (χ2v) is 6.01. The van der Waals surface area contributed by atoms with Gasteiger partial charge in [0.2, 0.25) is 0 Å². The molecule has 0 spiro atoms. The number of hydrogen-bond acceptors (Lipinski definition) is 3. The van der Waals surface area contributed by atoms with Gasteiger partial charge in [0.1, 0.15) is 5.82 Å². The van der Waals surface area contributed by atoms with Gasteiger partial charge in [-0.05, 0) is 51.8 Å². The summed E-state index contributed by atoms with van der Waals surface area (Å²) in [7, 11) is 0. The van der Waals surface area contributed by atoms with Crippen molar-refractivity contribution in [2.24, 2.45) is 5.92 Å². The third-order valence-electron chi connectivity index (χ3n) is 4.49. The van der Waals surface area contributed by atoms with Crippen LogP contribution in [0.1, 0.15) is 31.3 Å². The number of piperidine rings is 1. The molecule has 0 N–H and O–H groups in total. The van der Waals surface area contributed by atoms with Crippen molar-refractivity contribution in [1.29, 1.82) is 0 Å². The highest BCUT2D eigenvalue weighted by molar-refractivity contribution is 4.99. The zero-order valence-corrected chi connectivity index (χ0v) is 13.1. The SMILES string of the molecule is CCn1ccc(CN2CCC(Cn3ccnc3C)CC2)n1. The van der Waals surface area contributed by atoms with E-state index < -0.39 is 0 Å². The standard InChI is InChI=1S/C16H25N5/c1-3-21-10-6-16(18-21)13-19-8-4-15(5-9-19)12-20-11-7-17-14(20)2/h6-7,10-11,15H,3-5,8-9,12-13H2,1-2H3. The number of aromatic nitrogens is 4. The Morgan fingerprint density at radius 2 is 2.05 bits per heavy atom. The van der Waals surface area contributed by atoms with Crippen molar-refractivity contribution in [3.8, 4) is 0 Å². The van der Waals surface area contributed by atoms with E-state index in [9.17, 15) is 0 Å². The fraction of sp³-hybridized carbons (Fsp3) is 0.625. The van der Waals surface area contributed by atoms with Gasteiger partial charge in [0.05, 0.1) is 5.69 Å². The molecule has 2 aromatic heterocycles. The molecule has 0 radical (unpaired) electrons. The van der Waals surface area contributed by atoms with E-state index in [4.69, 9.17) is 0 Å². The Hall–Kier alpha value is -1.62. The molecule has 0 atom stereocenters. The van der Waals surface area contributed by atoms with E-state index in [0.717, 1.165) is 31.4 Å². The van der Waals surface area contributed by atoms with Crippen molar-refractivity contribution >= 4 is 0 Å². The molecule has 21 heavy (non-hydrogen) atoms. The normalized spacial score (nSPS) is 17.4. The van der Waals surface area contributed by atoms with Crippen molar-refractivity contribution in [2.75, 3.05) is 13.1 Å². The molecule has 0 amide bonds.